The monoisotopic (exact) mass is 326 g/mol. The van der Waals surface area contributed by atoms with Gasteiger partial charge in [-0.2, -0.15) is 0 Å². The molecular formula is C16H20ClFN2O2. The third-order valence-corrected chi connectivity index (χ3v) is 4.00. The highest BCUT2D eigenvalue weighted by atomic mass is 35.5. The van der Waals surface area contributed by atoms with E-state index in [4.69, 9.17) is 4.74 Å². The van der Waals surface area contributed by atoms with Crippen LogP contribution in [0.1, 0.15) is 18.2 Å². The van der Waals surface area contributed by atoms with E-state index >= 15 is 0 Å². The first-order chi connectivity index (χ1) is 10.1. The minimum absolute atomic E-state index is 0. The number of halogens is 2. The van der Waals surface area contributed by atoms with Gasteiger partial charge in [0, 0.05) is 36.1 Å². The van der Waals surface area contributed by atoms with E-state index in [-0.39, 0.29) is 30.7 Å². The van der Waals surface area contributed by atoms with Crippen LogP contribution in [0.25, 0.3) is 10.9 Å². The van der Waals surface area contributed by atoms with Crippen molar-refractivity contribution in [3.8, 4) is 0 Å². The van der Waals surface area contributed by atoms with E-state index in [0.29, 0.717) is 6.61 Å². The smallest absolute Gasteiger partial charge is 0.325 e. The maximum absolute atomic E-state index is 13.6. The van der Waals surface area contributed by atoms with Gasteiger partial charge in [0.25, 0.3) is 0 Å². The Morgan fingerprint density at radius 3 is 2.91 bits per heavy atom. The van der Waals surface area contributed by atoms with Crippen LogP contribution in [0, 0.1) is 5.82 Å². The number of carbonyl (C=O) groups excluding carboxylic acids is 1. The quantitative estimate of drug-likeness (QED) is 0.813. The molecule has 0 atom stereocenters. The first-order valence-corrected chi connectivity index (χ1v) is 7.23. The molecule has 1 aliphatic rings. The Kier molecular flexibility index (Phi) is 5.08. The maximum Gasteiger partial charge on any atom is 0.325 e. The molecule has 0 radical (unpaired) electrons. The highest BCUT2D eigenvalue weighted by molar-refractivity contribution is 5.87. The van der Waals surface area contributed by atoms with Crippen LogP contribution >= 0.6 is 12.4 Å². The van der Waals surface area contributed by atoms with Crippen molar-refractivity contribution in [3.05, 3.63) is 35.3 Å². The highest BCUT2D eigenvalue weighted by Crippen LogP contribution is 2.31. The van der Waals surface area contributed by atoms with E-state index in [9.17, 15) is 9.18 Å². The molecule has 22 heavy (non-hydrogen) atoms. The number of esters is 1. The van der Waals surface area contributed by atoms with Crippen molar-refractivity contribution in [3.63, 3.8) is 0 Å². The van der Waals surface area contributed by atoms with Crippen LogP contribution in [-0.2, 0) is 29.0 Å². The van der Waals surface area contributed by atoms with Gasteiger partial charge in [0.1, 0.15) is 12.4 Å². The summed E-state index contributed by atoms with van der Waals surface area (Å²) in [6.07, 6.45) is 0.863. The first-order valence-electron chi connectivity index (χ1n) is 7.23. The number of hydrogen-bond donors (Lipinski definition) is 0. The van der Waals surface area contributed by atoms with Crippen molar-refractivity contribution < 1.29 is 13.9 Å². The van der Waals surface area contributed by atoms with Gasteiger partial charge in [0.05, 0.1) is 6.61 Å². The number of rotatable bonds is 3. The minimum atomic E-state index is -0.250. The summed E-state index contributed by atoms with van der Waals surface area (Å²) in [4.78, 5) is 14.1. The standard InChI is InChI=1S/C16H19FN2O2.ClH/c1-3-21-16(20)10-19-14-5-4-11(17)8-12(14)13-9-18(2)7-6-15(13)19;/h4-5,8H,3,6-7,9-10H2,1-2H3;1H. The fraction of sp³-hybridized carbons (Fsp3) is 0.438. The fourth-order valence-electron chi connectivity index (χ4n) is 3.07. The molecule has 1 aromatic heterocycles. The molecule has 0 unspecified atom stereocenters. The van der Waals surface area contributed by atoms with Crippen LogP contribution in [0.3, 0.4) is 0 Å². The molecule has 0 spiro atoms. The first kappa shape index (κ1) is 16.8. The zero-order chi connectivity index (χ0) is 15.0. The highest BCUT2D eigenvalue weighted by Gasteiger charge is 2.23. The molecule has 120 valence electrons. The molecule has 0 bridgehead atoms. The predicted octanol–water partition coefficient (Wildman–Crippen LogP) is 2.75. The zero-order valence-electron chi connectivity index (χ0n) is 12.8. The van der Waals surface area contributed by atoms with Crippen molar-refractivity contribution in [2.24, 2.45) is 0 Å². The van der Waals surface area contributed by atoms with Crippen LogP contribution in [0.15, 0.2) is 18.2 Å². The molecule has 0 N–H and O–H groups in total. The Hall–Kier alpha value is -1.59. The van der Waals surface area contributed by atoms with Crippen LogP contribution in [0.2, 0.25) is 0 Å². The Morgan fingerprint density at radius 1 is 1.41 bits per heavy atom. The lowest BCUT2D eigenvalue weighted by Gasteiger charge is -2.24. The molecule has 6 heteroatoms. The van der Waals surface area contributed by atoms with Gasteiger partial charge >= 0.3 is 5.97 Å². The number of carbonyl (C=O) groups is 1. The molecule has 1 aromatic carbocycles. The lowest BCUT2D eigenvalue weighted by Crippen LogP contribution is -2.28. The van der Waals surface area contributed by atoms with E-state index in [2.05, 4.69) is 11.9 Å². The summed E-state index contributed by atoms with van der Waals surface area (Å²) in [5, 5.41) is 0.904. The number of hydrogen-bond acceptors (Lipinski definition) is 3. The Balaban J connectivity index is 0.00000176. The number of ether oxygens (including phenoxy) is 1. The Labute approximate surface area is 135 Å². The van der Waals surface area contributed by atoms with Crippen LogP contribution in [-0.4, -0.2) is 35.6 Å². The van der Waals surface area contributed by atoms with Crippen molar-refractivity contribution in [2.45, 2.75) is 26.4 Å². The van der Waals surface area contributed by atoms with Crippen molar-refractivity contribution in [1.82, 2.24) is 9.47 Å². The summed E-state index contributed by atoms with van der Waals surface area (Å²) in [6, 6.07) is 4.76. The number of likely N-dealkylation sites (N-methyl/N-ethyl adjacent to an activating group) is 1. The average Bonchev–Trinajstić information content (AvgIpc) is 2.72. The van der Waals surface area contributed by atoms with E-state index < -0.39 is 0 Å². The molecule has 0 saturated heterocycles. The molecule has 0 aliphatic carbocycles. The summed E-state index contributed by atoms with van der Waals surface area (Å²) >= 11 is 0. The lowest BCUT2D eigenvalue weighted by atomic mass is 10.1. The number of aromatic nitrogens is 1. The van der Waals surface area contributed by atoms with Crippen molar-refractivity contribution in [2.75, 3.05) is 20.2 Å². The number of nitrogens with zero attached hydrogens (tertiary/aromatic N) is 2. The average molecular weight is 327 g/mol. The van der Waals surface area contributed by atoms with Gasteiger partial charge in [-0.3, -0.25) is 4.79 Å². The zero-order valence-corrected chi connectivity index (χ0v) is 13.6. The molecule has 1 aliphatic heterocycles. The Morgan fingerprint density at radius 2 is 2.18 bits per heavy atom. The van der Waals surface area contributed by atoms with Crippen LogP contribution in [0.4, 0.5) is 4.39 Å². The molecular weight excluding hydrogens is 307 g/mol. The minimum Gasteiger partial charge on any atom is -0.465 e. The molecule has 0 amide bonds. The van der Waals surface area contributed by atoms with E-state index in [0.717, 1.165) is 41.7 Å². The topological polar surface area (TPSA) is 34.5 Å². The van der Waals surface area contributed by atoms with Gasteiger partial charge < -0.3 is 14.2 Å². The fourth-order valence-corrected chi connectivity index (χ4v) is 3.07. The SMILES string of the molecule is CCOC(=O)Cn1c2c(c3cc(F)ccc31)CN(C)CC2.Cl. The molecule has 4 nitrogen and oxygen atoms in total. The maximum atomic E-state index is 13.6. The summed E-state index contributed by atoms with van der Waals surface area (Å²) in [6.45, 7) is 4.08. The molecule has 0 saturated carbocycles. The van der Waals surface area contributed by atoms with Gasteiger partial charge in [0.15, 0.2) is 0 Å². The van der Waals surface area contributed by atoms with Crippen molar-refractivity contribution in [1.29, 1.82) is 0 Å². The number of fused-ring (bicyclic) bond motifs is 3. The lowest BCUT2D eigenvalue weighted by molar-refractivity contribution is -0.143. The van der Waals surface area contributed by atoms with E-state index in [1.165, 1.54) is 6.07 Å². The summed E-state index contributed by atoms with van der Waals surface area (Å²) < 4.78 is 20.6. The summed E-state index contributed by atoms with van der Waals surface area (Å²) in [7, 11) is 2.05. The summed E-state index contributed by atoms with van der Waals surface area (Å²) in [5.41, 5.74) is 3.16. The van der Waals surface area contributed by atoms with Gasteiger partial charge in [-0.25, -0.2) is 4.39 Å². The summed E-state index contributed by atoms with van der Waals surface area (Å²) in [5.74, 6) is -0.493. The second-order valence-corrected chi connectivity index (χ2v) is 5.47. The van der Waals surface area contributed by atoms with Gasteiger partial charge in [-0.1, -0.05) is 0 Å². The van der Waals surface area contributed by atoms with Crippen LogP contribution in [0.5, 0.6) is 0 Å². The molecule has 2 aromatic rings. The molecule has 3 rings (SSSR count). The normalized spacial score (nSPS) is 14.5. The van der Waals surface area contributed by atoms with E-state index in [1.807, 2.05) is 4.57 Å². The van der Waals surface area contributed by atoms with Crippen LogP contribution < -0.4 is 0 Å². The molecule has 0 fully saturated rings. The predicted molar refractivity (Wildman–Crippen MR) is 85.8 cm³/mol. The molecule has 2 heterocycles. The second-order valence-electron chi connectivity index (χ2n) is 5.47. The second kappa shape index (κ2) is 6.67. The third kappa shape index (κ3) is 2.96. The van der Waals surface area contributed by atoms with Gasteiger partial charge in [-0.05, 0) is 37.7 Å². The Bertz CT molecular complexity index is 699. The van der Waals surface area contributed by atoms with Gasteiger partial charge in [-0.15, -0.1) is 12.4 Å². The third-order valence-electron chi connectivity index (χ3n) is 4.00. The largest absolute Gasteiger partial charge is 0.465 e. The van der Waals surface area contributed by atoms with Crippen molar-refractivity contribution >= 4 is 29.3 Å². The van der Waals surface area contributed by atoms with Gasteiger partial charge in [0.2, 0.25) is 0 Å². The van der Waals surface area contributed by atoms with E-state index in [1.54, 1.807) is 19.1 Å². The number of benzene rings is 1.